The molecular formula is C18H19ClFN3O. The van der Waals surface area contributed by atoms with Gasteiger partial charge in [-0.3, -0.25) is 9.78 Å². The van der Waals surface area contributed by atoms with Gasteiger partial charge in [0.1, 0.15) is 5.82 Å². The number of nitrogens with one attached hydrogen (secondary N) is 1. The van der Waals surface area contributed by atoms with E-state index in [0.717, 1.165) is 18.4 Å². The highest BCUT2D eigenvalue weighted by Crippen LogP contribution is 2.17. The molecular weight excluding hydrogens is 329 g/mol. The van der Waals surface area contributed by atoms with Crippen molar-refractivity contribution in [1.82, 2.24) is 15.2 Å². The number of halogens is 2. The third kappa shape index (κ3) is 4.10. The number of benzene rings is 1. The van der Waals surface area contributed by atoms with Crippen LogP contribution in [0.1, 0.15) is 28.8 Å². The zero-order valence-corrected chi connectivity index (χ0v) is 14.0. The quantitative estimate of drug-likeness (QED) is 0.923. The first-order valence-electron chi connectivity index (χ1n) is 8.00. The van der Waals surface area contributed by atoms with E-state index in [-0.39, 0.29) is 10.9 Å². The van der Waals surface area contributed by atoms with Gasteiger partial charge in [-0.15, -0.1) is 0 Å². The molecule has 0 unspecified atom stereocenters. The van der Waals surface area contributed by atoms with Crippen molar-refractivity contribution in [3.63, 3.8) is 0 Å². The van der Waals surface area contributed by atoms with Crippen molar-refractivity contribution in [2.24, 2.45) is 0 Å². The molecule has 1 fully saturated rings. The summed E-state index contributed by atoms with van der Waals surface area (Å²) >= 11 is 5.69. The van der Waals surface area contributed by atoms with Crippen LogP contribution in [0, 0.1) is 5.82 Å². The van der Waals surface area contributed by atoms with E-state index >= 15 is 0 Å². The van der Waals surface area contributed by atoms with Gasteiger partial charge in [0.2, 0.25) is 0 Å². The molecule has 1 aromatic heterocycles. The summed E-state index contributed by atoms with van der Waals surface area (Å²) in [6, 6.07) is 8.65. The van der Waals surface area contributed by atoms with Gasteiger partial charge in [0.25, 0.3) is 5.91 Å². The molecule has 0 radical (unpaired) electrons. The Morgan fingerprint density at radius 3 is 2.62 bits per heavy atom. The topological polar surface area (TPSA) is 45.2 Å². The molecule has 1 amide bonds. The lowest BCUT2D eigenvalue weighted by atomic mass is 10.0. The van der Waals surface area contributed by atoms with E-state index in [2.05, 4.69) is 10.3 Å². The van der Waals surface area contributed by atoms with Crippen LogP contribution in [0.15, 0.2) is 42.7 Å². The maximum absolute atomic E-state index is 13.4. The molecule has 0 aliphatic carbocycles. The minimum atomic E-state index is -0.395. The Kier molecular flexibility index (Phi) is 5.43. The van der Waals surface area contributed by atoms with Crippen LogP contribution in [0.5, 0.6) is 0 Å². The lowest BCUT2D eigenvalue weighted by molar-refractivity contribution is 0.0704. The van der Waals surface area contributed by atoms with Crippen LogP contribution < -0.4 is 5.32 Å². The zero-order chi connectivity index (χ0) is 16.9. The summed E-state index contributed by atoms with van der Waals surface area (Å²) in [5.74, 6) is -0.343. The third-order valence-electron chi connectivity index (χ3n) is 4.29. The van der Waals surface area contributed by atoms with Gasteiger partial charge in [-0.2, -0.15) is 0 Å². The van der Waals surface area contributed by atoms with Crippen molar-refractivity contribution >= 4 is 17.5 Å². The Labute approximate surface area is 145 Å². The van der Waals surface area contributed by atoms with Crippen molar-refractivity contribution in [2.75, 3.05) is 13.1 Å². The average Bonchev–Trinajstić information content (AvgIpc) is 2.63. The molecule has 0 spiro atoms. The second kappa shape index (κ2) is 7.73. The zero-order valence-electron chi connectivity index (χ0n) is 13.2. The van der Waals surface area contributed by atoms with E-state index in [1.54, 1.807) is 30.6 Å². The van der Waals surface area contributed by atoms with E-state index in [1.807, 2.05) is 11.0 Å². The largest absolute Gasteiger partial charge is 0.339 e. The van der Waals surface area contributed by atoms with Crippen LogP contribution in [0.4, 0.5) is 4.39 Å². The first-order chi connectivity index (χ1) is 11.6. The number of pyridine rings is 1. The molecule has 24 heavy (non-hydrogen) atoms. The Morgan fingerprint density at radius 1 is 1.25 bits per heavy atom. The van der Waals surface area contributed by atoms with E-state index in [1.165, 1.54) is 6.07 Å². The number of hydrogen-bond donors (Lipinski definition) is 1. The van der Waals surface area contributed by atoms with Gasteiger partial charge in [0, 0.05) is 43.6 Å². The van der Waals surface area contributed by atoms with Gasteiger partial charge in [-0.05, 0) is 42.7 Å². The fourth-order valence-electron chi connectivity index (χ4n) is 2.88. The van der Waals surface area contributed by atoms with E-state index in [0.29, 0.717) is 31.2 Å². The fourth-order valence-corrected chi connectivity index (χ4v) is 2.99. The second-order valence-corrected chi connectivity index (χ2v) is 6.34. The SMILES string of the molecule is O=C(c1ccncc1)N1CCC(NCc2ccc(Cl)c(F)c2)CC1. The Hall–Kier alpha value is -1.98. The molecule has 0 saturated carbocycles. The number of aromatic nitrogens is 1. The molecule has 1 saturated heterocycles. The van der Waals surface area contributed by atoms with Crippen LogP contribution in [-0.4, -0.2) is 34.9 Å². The molecule has 4 nitrogen and oxygen atoms in total. The van der Waals surface area contributed by atoms with Crippen LogP contribution in [0.3, 0.4) is 0 Å². The molecule has 3 rings (SSSR count). The number of nitrogens with zero attached hydrogens (tertiary/aromatic N) is 2. The van der Waals surface area contributed by atoms with Gasteiger partial charge >= 0.3 is 0 Å². The molecule has 2 heterocycles. The minimum absolute atomic E-state index is 0.0515. The van der Waals surface area contributed by atoms with Crippen molar-refractivity contribution < 1.29 is 9.18 Å². The van der Waals surface area contributed by atoms with E-state index < -0.39 is 5.82 Å². The smallest absolute Gasteiger partial charge is 0.253 e. The predicted molar refractivity (Wildman–Crippen MR) is 91.4 cm³/mol. The maximum Gasteiger partial charge on any atom is 0.253 e. The maximum atomic E-state index is 13.4. The summed E-state index contributed by atoms with van der Waals surface area (Å²) in [5.41, 5.74) is 1.54. The Morgan fingerprint density at radius 2 is 1.96 bits per heavy atom. The van der Waals surface area contributed by atoms with Gasteiger partial charge in [0.05, 0.1) is 5.02 Å². The first kappa shape index (κ1) is 16.9. The van der Waals surface area contributed by atoms with Gasteiger partial charge in [-0.25, -0.2) is 4.39 Å². The summed E-state index contributed by atoms with van der Waals surface area (Å²) < 4.78 is 13.4. The molecule has 1 N–H and O–H groups in total. The standard InChI is InChI=1S/C18H19ClFN3O/c19-16-2-1-13(11-17(16)20)12-22-15-5-9-23(10-6-15)18(24)14-3-7-21-8-4-14/h1-4,7-8,11,15,22H,5-6,9-10,12H2. The lowest BCUT2D eigenvalue weighted by Crippen LogP contribution is -2.44. The monoisotopic (exact) mass is 347 g/mol. The molecule has 6 heteroatoms. The highest BCUT2D eigenvalue weighted by molar-refractivity contribution is 6.30. The van der Waals surface area contributed by atoms with Crippen molar-refractivity contribution in [3.05, 3.63) is 64.7 Å². The molecule has 126 valence electrons. The minimum Gasteiger partial charge on any atom is -0.339 e. The Balaban J connectivity index is 1.48. The van der Waals surface area contributed by atoms with Gasteiger partial charge in [-0.1, -0.05) is 17.7 Å². The molecule has 0 atom stereocenters. The Bertz CT molecular complexity index is 703. The first-order valence-corrected chi connectivity index (χ1v) is 8.38. The highest BCUT2D eigenvalue weighted by atomic mass is 35.5. The summed E-state index contributed by atoms with van der Waals surface area (Å²) in [7, 11) is 0. The molecule has 1 aromatic carbocycles. The fraction of sp³-hybridized carbons (Fsp3) is 0.333. The molecule has 1 aliphatic rings. The second-order valence-electron chi connectivity index (χ2n) is 5.93. The number of amides is 1. The summed E-state index contributed by atoms with van der Waals surface area (Å²) in [6.45, 7) is 2.03. The van der Waals surface area contributed by atoms with E-state index in [4.69, 9.17) is 11.6 Å². The molecule has 2 aromatic rings. The van der Waals surface area contributed by atoms with Crippen LogP contribution in [0.2, 0.25) is 5.02 Å². The van der Waals surface area contributed by atoms with Crippen molar-refractivity contribution in [1.29, 1.82) is 0 Å². The van der Waals surface area contributed by atoms with Crippen molar-refractivity contribution in [3.8, 4) is 0 Å². The van der Waals surface area contributed by atoms with Crippen LogP contribution in [-0.2, 0) is 6.54 Å². The van der Waals surface area contributed by atoms with Gasteiger partial charge in [0.15, 0.2) is 0 Å². The number of piperidine rings is 1. The highest BCUT2D eigenvalue weighted by Gasteiger charge is 2.23. The van der Waals surface area contributed by atoms with Crippen LogP contribution >= 0.6 is 11.6 Å². The molecule has 0 bridgehead atoms. The third-order valence-corrected chi connectivity index (χ3v) is 4.59. The number of rotatable bonds is 4. The summed E-state index contributed by atoms with van der Waals surface area (Å²) in [4.78, 5) is 18.2. The number of likely N-dealkylation sites (tertiary alicyclic amines) is 1. The van der Waals surface area contributed by atoms with Crippen LogP contribution in [0.25, 0.3) is 0 Å². The predicted octanol–water partition coefficient (Wildman–Crippen LogP) is 3.27. The number of carbonyl (C=O) groups excluding carboxylic acids is 1. The van der Waals surface area contributed by atoms with Gasteiger partial charge < -0.3 is 10.2 Å². The number of carbonyl (C=O) groups is 1. The number of hydrogen-bond acceptors (Lipinski definition) is 3. The van der Waals surface area contributed by atoms with Crippen molar-refractivity contribution in [2.45, 2.75) is 25.4 Å². The normalized spacial score (nSPS) is 15.5. The average molecular weight is 348 g/mol. The lowest BCUT2D eigenvalue weighted by Gasteiger charge is -2.32. The summed E-state index contributed by atoms with van der Waals surface area (Å²) in [5, 5.41) is 3.57. The molecule has 1 aliphatic heterocycles. The van der Waals surface area contributed by atoms with E-state index in [9.17, 15) is 9.18 Å². The summed E-state index contributed by atoms with van der Waals surface area (Å²) in [6.07, 6.45) is 5.03.